The molecule has 1 atom stereocenters. The van der Waals surface area contributed by atoms with Gasteiger partial charge in [-0.2, -0.15) is 4.31 Å². The van der Waals surface area contributed by atoms with E-state index in [1.807, 2.05) is 61.9 Å². The van der Waals surface area contributed by atoms with Crippen LogP contribution >= 0.6 is 0 Å². The van der Waals surface area contributed by atoms with E-state index < -0.39 is 16.1 Å². The second-order valence-corrected chi connectivity index (χ2v) is 13.9. The number of nitrogens with zero attached hydrogens (tertiary/aromatic N) is 3. The Kier molecular flexibility index (Phi) is 10.4. The van der Waals surface area contributed by atoms with E-state index in [1.54, 1.807) is 18.5 Å². The normalized spacial score (nSPS) is 15.2. The van der Waals surface area contributed by atoms with Crippen LogP contribution in [0.2, 0.25) is 0 Å². The predicted octanol–water partition coefficient (Wildman–Crippen LogP) is 5.69. The highest BCUT2D eigenvalue weighted by Gasteiger charge is 2.42. The molecule has 2 heterocycles. The van der Waals surface area contributed by atoms with Crippen LogP contribution in [0.4, 0.5) is 0 Å². The van der Waals surface area contributed by atoms with Gasteiger partial charge in [0.25, 0.3) is 0 Å². The number of rotatable bonds is 13. The number of aromatic nitrogens is 2. The van der Waals surface area contributed by atoms with Crippen LogP contribution in [0.5, 0.6) is 5.75 Å². The molecule has 238 valence electrons. The number of hydrogen-bond donors (Lipinski definition) is 1. The Morgan fingerprint density at radius 2 is 1.58 bits per heavy atom. The molecule has 8 nitrogen and oxygen atoms in total. The highest BCUT2D eigenvalue weighted by molar-refractivity contribution is 7.89. The molecule has 0 saturated heterocycles. The Morgan fingerprint density at radius 1 is 0.978 bits per heavy atom. The first-order chi connectivity index (χ1) is 21.7. The number of aryl methyl sites for hydroxylation is 4. The minimum absolute atomic E-state index is 0.0637. The number of carbonyl (C=O) groups excluding carboxylic acids is 1. The van der Waals surface area contributed by atoms with Crippen molar-refractivity contribution in [2.75, 3.05) is 7.11 Å². The second-order valence-electron chi connectivity index (χ2n) is 12.0. The van der Waals surface area contributed by atoms with Crippen molar-refractivity contribution in [2.45, 2.75) is 82.3 Å². The van der Waals surface area contributed by atoms with E-state index >= 15 is 0 Å². The zero-order valence-electron chi connectivity index (χ0n) is 26.7. The average Bonchev–Trinajstić information content (AvgIpc) is 3.41. The van der Waals surface area contributed by atoms with Gasteiger partial charge >= 0.3 is 0 Å². The fourth-order valence-electron chi connectivity index (χ4n) is 6.17. The van der Waals surface area contributed by atoms with Crippen molar-refractivity contribution >= 4 is 15.9 Å². The Bertz CT molecular complexity index is 1660. The zero-order valence-corrected chi connectivity index (χ0v) is 27.5. The molecule has 5 rings (SSSR count). The molecular weight excluding hydrogens is 584 g/mol. The summed E-state index contributed by atoms with van der Waals surface area (Å²) in [6, 6.07) is 22.9. The molecule has 0 bridgehead atoms. The molecule has 1 N–H and O–H groups in total. The average molecular weight is 629 g/mol. The van der Waals surface area contributed by atoms with Gasteiger partial charge in [0.05, 0.1) is 36.3 Å². The number of imidazole rings is 1. The van der Waals surface area contributed by atoms with Crippen molar-refractivity contribution in [2.24, 2.45) is 7.05 Å². The third-order valence-corrected chi connectivity index (χ3v) is 10.8. The molecule has 0 spiro atoms. The second kappa shape index (κ2) is 14.4. The summed E-state index contributed by atoms with van der Waals surface area (Å²) >= 11 is 0. The molecule has 0 fully saturated rings. The lowest BCUT2D eigenvalue weighted by atomic mass is 9.98. The first-order valence-electron chi connectivity index (χ1n) is 15.7. The van der Waals surface area contributed by atoms with E-state index in [-0.39, 0.29) is 29.8 Å². The van der Waals surface area contributed by atoms with E-state index in [9.17, 15) is 13.2 Å². The zero-order chi connectivity index (χ0) is 32.0. The summed E-state index contributed by atoms with van der Waals surface area (Å²) in [5, 5.41) is 3.29. The fourth-order valence-corrected chi connectivity index (χ4v) is 7.82. The lowest BCUT2D eigenvalue weighted by molar-refractivity contribution is -0.126. The van der Waals surface area contributed by atoms with Crippen LogP contribution in [-0.4, -0.2) is 47.4 Å². The molecule has 45 heavy (non-hydrogen) atoms. The number of benzene rings is 3. The van der Waals surface area contributed by atoms with Gasteiger partial charge in [-0.05, 0) is 80.7 Å². The summed E-state index contributed by atoms with van der Waals surface area (Å²) in [6.07, 6.45) is 7.17. The minimum atomic E-state index is -4.06. The smallest absolute Gasteiger partial charge is 0.244 e. The Labute approximate surface area is 267 Å². The molecule has 4 aromatic rings. The molecule has 1 amide bonds. The van der Waals surface area contributed by atoms with Crippen LogP contribution in [0.25, 0.3) is 0 Å². The summed E-state index contributed by atoms with van der Waals surface area (Å²) < 4.78 is 37.2. The summed E-state index contributed by atoms with van der Waals surface area (Å²) in [4.78, 5) is 18.8. The molecule has 0 radical (unpaired) electrons. The number of ether oxygens (including phenoxy) is 1. The fraction of sp³-hybridized carbons (Fsp3) is 0.389. The lowest BCUT2D eigenvalue weighted by Crippen LogP contribution is -2.54. The van der Waals surface area contributed by atoms with Gasteiger partial charge in [-0.3, -0.25) is 4.79 Å². The van der Waals surface area contributed by atoms with Gasteiger partial charge in [-0.1, -0.05) is 60.7 Å². The number of hydrogen-bond acceptors (Lipinski definition) is 5. The maximum absolute atomic E-state index is 14.3. The van der Waals surface area contributed by atoms with Gasteiger partial charge in [-0.15, -0.1) is 0 Å². The van der Waals surface area contributed by atoms with Crippen LogP contribution in [0.3, 0.4) is 0 Å². The number of sulfonamides is 1. The molecule has 1 aliphatic rings. The number of fused-ring (bicyclic) bond motifs is 1. The van der Waals surface area contributed by atoms with Crippen molar-refractivity contribution in [1.82, 2.24) is 19.2 Å². The molecule has 0 unspecified atom stereocenters. The predicted molar refractivity (Wildman–Crippen MR) is 177 cm³/mol. The van der Waals surface area contributed by atoms with Crippen molar-refractivity contribution in [3.8, 4) is 5.75 Å². The Hall–Kier alpha value is -3.95. The summed E-state index contributed by atoms with van der Waals surface area (Å²) in [6.45, 7) is 3.83. The molecule has 0 aliphatic carbocycles. The SMILES string of the molecule is COc1cc(S(=O)(=O)N2Cc3c(ncn3C)C[C@@H]2C(=O)NC(CCCc2ccccc2)CCCc2ccccc2)cc(C)c1C. The van der Waals surface area contributed by atoms with Crippen LogP contribution in [0.15, 0.2) is 84.0 Å². The van der Waals surface area contributed by atoms with Crippen molar-refractivity contribution in [3.63, 3.8) is 0 Å². The third kappa shape index (κ3) is 7.65. The summed E-state index contributed by atoms with van der Waals surface area (Å²) in [5.41, 5.74) is 5.77. The molecule has 9 heteroatoms. The van der Waals surface area contributed by atoms with Gasteiger partial charge < -0.3 is 14.6 Å². The Balaban J connectivity index is 1.38. The first-order valence-corrected chi connectivity index (χ1v) is 17.2. The first kappa shape index (κ1) is 32.4. The van der Waals surface area contributed by atoms with E-state index in [0.29, 0.717) is 5.75 Å². The van der Waals surface area contributed by atoms with Crippen molar-refractivity contribution < 1.29 is 17.9 Å². The van der Waals surface area contributed by atoms with Crippen LogP contribution in [0.1, 0.15) is 59.3 Å². The molecule has 1 aromatic heterocycles. The molecule has 0 saturated carbocycles. The number of methoxy groups -OCH3 is 1. The topological polar surface area (TPSA) is 93.5 Å². The van der Waals surface area contributed by atoms with E-state index in [1.165, 1.54) is 22.5 Å². The van der Waals surface area contributed by atoms with E-state index in [2.05, 4.69) is 34.6 Å². The van der Waals surface area contributed by atoms with Gasteiger partial charge in [0.2, 0.25) is 15.9 Å². The minimum Gasteiger partial charge on any atom is -0.496 e. The highest BCUT2D eigenvalue weighted by atomic mass is 32.2. The standard InChI is InChI=1S/C36H44N4O4S/c1-26-21-31(22-35(44-4)27(26)2)45(42,43)40-24-34-32(37-25-39(34)3)23-33(40)36(41)38-30(19-11-17-28-13-7-5-8-14-28)20-12-18-29-15-9-6-10-16-29/h5-10,13-16,21-22,25,30,33H,11-12,17-20,23-24H2,1-4H3,(H,38,41)/t33-/m1/s1. The van der Waals surface area contributed by atoms with E-state index in [4.69, 9.17) is 4.74 Å². The van der Waals surface area contributed by atoms with Crippen LogP contribution in [0, 0.1) is 13.8 Å². The van der Waals surface area contributed by atoms with Crippen molar-refractivity contribution in [3.05, 3.63) is 113 Å². The highest BCUT2D eigenvalue weighted by Crippen LogP contribution is 2.32. The number of amides is 1. The molecule has 1 aliphatic heterocycles. The largest absolute Gasteiger partial charge is 0.496 e. The summed E-state index contributed by atoms with van der Waals surface area (Å²) in [5.74, 6) is 0.222. The van der Waals surface area contributed by atoms with Crippen LogP contribution in [-0.2, 0) is 47.7 Å². The number of carbonyl (C=O) groups is 1. The van der Waals surface area contributed by atoms with Gasteiger partial charge in [0, 0.05) is 25.6 Å². The van der Waals surface area contributed by atoms with E-state index in [0.717, 1.165) is 61.0 Å². The van der Waals surface area contributed by atoms with Gasteiger partial charge in [-0.25, -0.2) is 13.4 Å². The van der Waals surface area contributed by atoms with Crippen molar-refractivity contribution in [1.29, 1.82) is 0 Å². The maximum Gasteiger partial charge on any atom is 0.244 e. The lowest BCUT2D eigenvalue weighted by Gasteiger charge is -2.35. The van der Waals surface area contributed by atoms with Gasteiger partial charge in [0.1, 0.15) is 11.8 Å². The monoisotopic (exact) mass is 628 g/mol. The number of nitrogens with one attached hydrogen (secondary N) is 1. The van der Waals surface area contributed by atoms with Gasteiger partial charge in [0.15, 0.2) is 0 Å². The molecule has 3 aromatic carbocycles. The Morgan fingerprint density at radius 3 is 2.16 bits per heavy atom. The molecular formula is C36H44N4O4S. The summed E-state index contributed by atoms with van der Waals surface area (Å²) in [7, 11) is -0.668. The maximum atomic E-state index is 14.3. The third-order valence-electron chi connectivity index (χ3n) is 8.98. The quantitative estimate of drug-likeness (QED) is 0.205. The van der Waals surface area contributed by atoms with Crippen LogP contribution < -0.4 is 10.1 Å².